The molecule has 2 aromatic rings. The first-order chi connectivity index (χ1) is 9.58. The van der Waals surface area contributed by atoms with E-state index >= 15 is 0 Å². The van der Waals surface area contributed by atoms with Crippen LogP contribution in [0.3, 0.4) is 0 Å². The number of amides is 1. The van der Waals surface area contributed by atoms with Gasteiger partial charge in [-0.1, -0.05) is 29.8 Å². The lowest BCUT2D eigenvalue weighted by Gasteiger charge is -2.15. The fourth-order valence-corrected chi connectivity index (χ4v) is 1.99. The number of nitrogens with two attached hydrogens (primary N) is 1. The van der Waals surface area contributed by atoms with Crippen molar-refractivity contribution >= 4 is 5.91 Å². The van der Waals surface area contributed by atoms with Crippen LogP contribution >= 0.6 is 0 Å². The minimum atomic E-state index is -0.346. The third-order valence-electron chi connectivity index (χ3n) is 3.05. The first-order valence-corrected chi connectivity index (χ1v) is 6.41. The van der Waals surface area contributed by atoms with Gasteiger partial charge in [-0.05, 0) is 25.6 Å². The lowest BCUT2D eigenvalue weighted by atomic mass is 10.1. The van der Waals surface area contributed by atoms with E-state index in [2.05, 4.69) is 41.5 Å². The van der Waals surface area contributed by atoms with Crippen LogP contribution in [-0.4, -0.2) is 17.9 Å². The minimum Gasteiger partial charge on any atom is -0.467 e. The molecule has 0 atom stereocenters. The molecule has 1 amide bonds. The van der Waals surface area contributed by atoms with Crippen molar-refractivity contribution in [3.8, 4) is 0 Å². The van der Waals surface area contributed by atoms with Crippen LogP contribution in [0.5, 0.6) is 0 Å². The molecule has 0 bridgehead atoms. The molecule has 0 aliphatic carbocycles. The van der Waals surface area contributed by atoms with Crippen molar-refractivity contribution in [2.75, 3.05) is 7.05 Å². The summed E-state index contributed by atoms with van der Waals surface area (Å²) in [7, 11) is 2.01. The Bertz CT molecular complexity index is 575. The van der Waals surface area contributed by atoms with Crippen LogP contribution in [-0.2, 0) is 13.1 Å². The van der Waals surface area contributed by atoms with Crippen molar-refractivity contribution in [2.45, 2.75) is 20.0 Å². The largest absolute Gasteiger partial charge is 0.467 e. The van der Waals surface area contributed by atoms with Gasteiger partial charge in [-0.15, -0.1) is 0 Å². The summed E-state index contributed by atoms with van der Waals surface area (Å²) in [4.78, 5) is 13.4. The number of hydrogen-bond donors (Lipinski definition) is 2. The number of furan rings is 1. The molecule has 5 nitrogen and oxygen atoms in total. The number of benzene rings is 1. The second-order valence-corrected chi connectivity index (χ2v) is 4.93. The highest BCUT2D eigenvalue weighted by Crippen LogP contribution is 2.12. The Morgan fingerprint density at radius 2 is 2.00 bits per heavy atom. The van der Waals surface area contributed by atoms with Crippen molar-refractivity contribution in [1.29, 1.82) is 0 Å². The molecule has 1 aromatic heterocycles. The van der Waals surface area contributed by atoms with Crippen LogP contribution < -0.4 is 11.3 Å². The summed E-state index contributed by atoms with van der Waals surface area (Å²) in [5, 5.41) is 0. The van der Waals surface area contributed by atoms with Gasteiger partial charge in [-0.2, -0.15) is 0 Å². The monoisotopic (exact) mass is 273 g/mol. The third-order valence-corrected chi connectivity index (χ3v) is 3.05. The topological polar surface area (TPSA) is 71.5 Å². The first-order valence-electron chi connectivity index (χ1n) is 6.41. The van der Waals surface area contributed by atoms with Crippen LogP contribution in [0.4, 0.5) is 0 Å². The zero-order valence-electron chi connectivity index (χ0n) is 11.7. The van der Waals surface area contributed by atoms with E-state index in [-0.39, 0.29) is 5.91 Å². The second-order valence-electron chi connectivity index (χ2n) is 4.93. The van der Waals surface area contributed by atoms with Gasteiger partial charge in [0.2, 0.25) is 0 Å². The molecule has 0 aliphatic rings. The highest BCUT2D eigenvalue weighted by Gasteiger charge is 2.10. The average molecular weight is 273 g/mol. The number of rotatable bonds is 5. The highest BCUT2D eigenvalue weighted by molar-refractivity contribution is 5.93. The third kappa shape index (κ3) is 3.69. The van der Waals surface area contributed by atoms with Crippen molar-refractivity contribution in [2.24, 2.45) is 5.84 Å². The number of aryl methyl sites for hydroxylation is 1. The highest BCUT2D eigenvalue weighted by atomic mass is 16.3. The molecule has 0 unspecified atom stereocenters. The number of carbonyl (C=O) groups excluding carboxylic acids is 1. The van der Waals surface area contributed by atoms with E-state index in [1.54, 1.807) is 6.07 Å². The standard InChI is InChI=1S/C15H19N3O2/c1-11-3-5-12(6-4-11)8-18(2)9-14-7-13(10-20-14)15(19)17-16/h3-7,10H,8-9,16H2,1-2H3,(H,17,19). The minimum absolute atomic E-state index is 0.346. The van der Waals surface area contributed by atoms with Crippen LogP contribution in [0.1, 0.15) is 27.2 Å². The summed E-state index contributed by atoms with van der Waals surface area (Å²) in [6.07, 6.45) is 1.41. The average Bonchev–Trinajstić information content (AvgIpc) is 2.89. The summed E-state index contributed by atoms with van der Waals surface area (Å²) in [5.41, 5.74) is 5.01. The van der Waals surface area contributed by atoms with Crippen molar-refractivity contribution in [3.05, 3.63) is 59.0 Å². The first kappa shape index (κ1) is 14.3. The normalized spacial score (nSPS) is 10.8. The molecule has 5 heteroatoms. The van der Waals surface area contributed by atoms with Gasteiger partial charge in [0.25, 0.3) is 5.91 Å². The van der Waals surface area contributed by atoms with Gasteiger partial charge in [-0.3, -0.25) is 15.1 Å². The molecule has 0 aliphatic heterocycles. The maximum absolute atomic E-state index is 11.3. The Morgan fingerprint density at radius 1 is 1.30 bits per heavy atom. The predicted molar refractivity (Wildman–Crippen MR) is 76.7 cm³/mol. The van der Waals surface area contributed by atoms with E-state index in [0.29, 0.717) is 12.1 Å². The van der Waals surface area contributed by atoms with E-state index in [0.717, 1.165) is 12.3 Å². The van der Waals surface area contributed by atoms with Crippen molar-refractivity contribution < 1.29 is 9.21 Å². The number of nitrogen functional groups attached to an aromatic ring is 1. The zero-order valence-corrected chi connectivity index (χ0v) is 11.7. The van der Waals surface area contributed by atoms with Gasteiger partial charge in [0.05, 0.1) is 12.1 Å². The summed E-state index contributed by atoms with van der Waals surface area (Å²) in [5.74, 6) is 5.47. The van der Waals surface area contributed by atoms with Gasteiger partial charge in [0.15, 0.2) is 0 Å². The number of hydrogen-bond acceptors (Lipinski definition) is 4. The van der Waals surface area contributed by atoms with Gasteiger partial charge in [-0.25, -0.2) is 5.84 Å². The molecule has 106 valence electrons. The molecule has 0 radical (unpaired) electrons. The van der Waals surface area contributed by atoms with Gasteiger partial charge >= 0.3 is 0 Å². The quantitative estimate of drug-likeness (QED) is 0.495. The van der Waals surface area contributed by atoms with E-state index in [1.165, 1.54) is 17.4 Å². The Kier molecular flexibility index (Phi) is 4.55. The lowest BCUT2D eigenvalue weighted by Crippen LogP contribution is -2.29. The predicted octanol–water partition coefficient (Wildman–Crippen LogP) is 1.82. The zero-order chi connectivity index (χ0) is 14.5. The number of hydrazine groups is 1. The fourth-order valence-electron chi connectivity index (χ4n) is 1.99. The Hall–Kier alpha value is -2.11. The molecule has 0 saturated heterocycles. The fraction of sp³-hybridized carbons (Fsp3) is 0.267. The molecule has 0 spiro atoms. The summed E-state index contributed by atoms with van der Waals surface area (Å²) >= 11 is 0. The van der Waals surface area contributed by atoms with Crippen LogP contribution in [0.2, 0.25) is 0 Å². The Morgan fingerprint density at radius 3 is 2.65 bits per heavy atom. The van der Waals surface area contributed by atoms with E-state index in [1.807, 2.05) is 7.05 Å². The van der Waals surface area contributed by atoms with Crippen LogP contribution in [0, 0.1) is 6.92 Å². The summed E-state index contributed by atoms with van der Waals surface area (Å²) < 4.78 is 5.36. The van der Waals surface area contributed by atoms with Gasteiger partial charge in [0.1, 0.15) is 12.0 Å². The van der Waals surface area contributed by atoms with Crippen LogP contribution in [0.15, 0.2) is 41.0 Å². The maximum atomic E-state index is 11.3. The Labute approximate surface area is 118 Å². The van der Waals surface area contributed by atoms with E-state index in [4.69, 9.17) is 10.3 Å². The molecule has 20 heavy (non-hydrogen) atoms. The molecule has 0 fully saturated rings. The summed E-state index contributed by atoms with van der Waals surface area (Å²) in [6, 6.07) is 10.1. The number of carbonyl (C=O) groups is 1. The molecule has 1 aromatic carbocycles. The lowest BCUT2D eigenvalue weighted by molar-refractivity contribution is 0.0953. The SMILES string of the molecule is Cc1ccc(CN(C)Cc2cc(C(=O)NN)co2)cc1. The molecular weight excluding hydrogens is 254 g/mol. The van der Waals surface area contributed by atoms with Gasteiger partial charge in [0, 0.05) is 6.54 Å². The van der Waals surface area contributed by atoms with Gasteiger partial charge < -0.3 is 4.42 Å². The number of nitrogens with one attached hydrogen (secondary N) is 1. The Balaban J connectivity index is 1.94. The smallest absolute Gasteiger partial charge is 0.268 e. The maximum Gasteiger partial charge on any atom is 0.268 e. The van der Waals surface area contributed by atoms with Crippen molar-refractivity contribution in [3.63, 3.8) is 0 Å². The van der Waals surface area contributed by atoms with E-state index < -0.39 is 0 Å². The molecule has 3 N–H and O–H groups in total. The van der Waals surface area contributed by atoms with Crippen molar-refractivity contribution in [1.82, 2.24) is 10.3 Å². The molecule has 0 saturated carbocycles. The molecule has 1 heterocycles. The molecule has 2 rings (SSSR count). The summed E-state index contributed by atoms with van der Waals surface area (Å²) in [6.45, 7) is 3.52. The van der Waals surface area contributed by atoms with Crippen LogP contribution in [0.25, 0.3) is 0 Å². The second kappa shape index (κ2) is 6.36. The molecular formula is C15H19N3O2. The van der Waals surface area contributed by atoms with E-state index in [9.17, 15) is 4.79 Å². The number of nitrogens with zero attached hydrogens (tertiary/aromatic N) is 1.